The first kappa shape index (κ1) is 14.8. The molecule has 0 aliphatic carbocycles. The molecule has 0 amide bonds. The van der Waals surface area contributed by atoms with E-state index < -0.39 is 10.1 Å². The van der Waals surface area contributed by atoms with E-state index in [9.17, 15) is 13.0 Å². The summed E-state index contributed by atoms with van der Waals surface area (Å²) in [5, 5.41) is 1.16. The predicted octanol–water partition coefficient (Wildman–Crippen LogP) is -0.490. The van der Waals surface area contributed by atoms with E-state index in [0.717, 1.165) is 9.86 Å². The van der Waals surface area contributed by atoms with Crippen LogP contribution in [0.2, 0.25) is 0 Å². The smallest absolute Gasteiger partial charge is 0.744 e. The molecule has 0 spiro atoms. The third kappa shape index (κ3) is 2.94. The van der Waals surface area contributed by atoms with E-state index in [1.165, 1.54) is 6.07 Å². The fraction of sp³-hybridized carbons (Fsp3) is 0. The predicted molar refractivity (Wildman–Crippen MR) is 59.6 cm³/mol. The van der Waals surface area contributed by atoms with Crippen molar-refractivity contribution in [2.24, 2.45) is 0 Å². The van der Waals surface area contributed by atoms with Gasteiger partial charge in [-0.25, -0.2) is 8.42 Å². The zero-order valence-electron chi connectivity index (χ0n) is 8.48. The summed E-state index contributed by atoms with van der Waals surface area (Å²) >= 11 is 3.30. The fourth-order valence-corrected chi connectivity index (χ4v) is 2.65. The van der Waals surface area contributed by atoms with Crippen molar-refractivity contribution in [3.8, 4) is 0 Å². The van der Waals surface area contributed by atoms with Gasteiger partial charge >= 0.3 is 51.4 Å². The van der Waals surface area contributed by atoms with Crippen LogP contribution in [0.5, 0.6) is 0 Å². The molecule has 0 aromatic heterocycles. The minimum Gasteiger partial charge on any atom is -0.744 e. The van der Waals surface area contributed by atoms with Crippen molar-refractivity contribution in [3.63, 3.8) is 0 Å². The van der Waals surface area contributed by atoms with Crippen LogP contribution in [-0.4, -0.2) is 13.0 Å². The summed E-state index contributed by atoms with van der Waals surface area (Å²) in [6.45, 7) is 0. The van der Waals surface area contributed by atoms with Crippen LogP contribution in [-0.2, 0) is 10.1 Å². The molecule has 78 valence electrons. The van der Waals surface area contributed by atoms with Crippen molar-refractivity contribution in [3.05, 3.63) is 40.9 Å². The first-order valence-electron chi connectivity index (χ1n) is 4.13. The Morgan fingerprint density at radius 1 is 1.00 bits per heavy atom. The maximum Gasteiger partial charge on any atom is 1.00 e. The molecule has 6 heteroatoms. The molecule has 0 heterocycles. The second-order valence-electron chi connectivity index (χ2n) is 3.05. The Balaban J connectivity index is 0.00000128. The van der Waals surface area contributed by atoms with Crippen LogP contribution in [0.25, 0.3) is 10.8 Å². The minimum atomic E-state index is -4.42. The van der Waals surface area contributed by atoms with Gasteiger partial charge in [0.15, 0.2) is 0 Å². The summed E-state index contributed by atoms with van der Waals surface area (Å²) in [6, 6.07) is 9.73. The molecule has 2 aromatic rings. The van der Waals surface area contributed by atoms with Crippen LogP contribution in [0.15, 0.2) is 45.8 Å². The molecule has 16 heavy (non-hydrogen) atoms. The Morgan fingerprint density at radius 3 is 2.19 bits per heavy atom. The van der Waals surface area contributed by atoms with Gasteiger partial charge in [0.2, 0.25) is 0 Å². The van der Waals surface area contributed by atoms with Crippen molar-refractivity contribution in [2.75, 3.05) is 0 Å². The summed E-state index contributed by atoms with van der Waals surface area (Å²) < 4.78 is 33.7. The molecule has 0 aliphatic rings. The Kier molecular flexibility index (Phi) is 5.16. The van der Waals surface area contributed by atoms with Crippen LogP contribution in [0.3, 0.4) is 0 Å². The van der Waals surface area contributed by atoms with Crippen LogP contribution in [0.1, 0.15) is 0 Å². The SMILES string of the molecule is O=S(=O)([O-])c1cccc2c(Br)cccc12.[K+]. The molecule has 0 saturated carbocycles. The van der Waals surface area contributed by atoms with Crippen molar-refractivity contribution in [1.29, 1.82) is 0 Å². The number of benzene rings is 2. The summed E-state index contributed by atoms with van der Waals surface area (Å²) in [5.41, 5.74) is 0. The monoisotopic (exact) mass is 324 g/mol. The standard InChI is InChI=1S/C10H7BrO3S.K/c11-9-5-1-4-8-7(9)3-2-6-10(8)15(12,13)14;/h1-6H,(H,12,13,14);/q;+1/p-1. The number of hydrogen-bond acceptors (Lipinski definition) is 3. The number of halogens is 1. The minimum absolute atomic E-state index is 0. The summed E-state index contributed by atoms with van der Waals surface area (Å²) in [4.78, 5) is -0.179. The van der Waals surface area contributed by atoms with Gasteiger partial charge in [-0.3, -0.25) is 0 Å². The van der Waals surface area contributed by atoms with Gasteiger partial charge in [0.25, 0.3) is 0 Å². The van der Waals surface area contributed by atoms with Crippen LogP contribution >= 0.6 is 15.9 Å². The van der Waals surface area contributed by atoms with Crippen LogP contribution in [0, 0.1) is 0 Å². The van der Waals surface area contributed by atoms with E-state index in [1.807, 2.05) is 0 Å². The molecular weight excluding hydrogens is 319 g/mol. The number of rotatable bonds is 1. The van der Waals surface area contributed by atoms with E-state index in [-0.39, 0.29) is 56.3 Å². The third-order valence-corrected chi connectivity index (χ3v) is 3.68. The summed E-state index contributed by atoms with van der Waals surface area (Å²) in [5.74, 6) is 0. The maximum absolute atomic E-state index is 11.0. The molecule has 0 unspecified atom stereocenters. The Morgan fingerprint density at radius 2 is 1.56 bits per heavy atom. The Bertz CT molecular complexity index is 625. The maximum atomic E-state index is 11.0. The molecule has 2 aromatic carbocycles. The molecule has 0 radical (unpaired) electrons. The molecule has 0 aliphatic heterocycles. The van der Waals surface area contributed by atoms with Crippen molar-refractivity contribution in [1.82, 2.24) is 0 Å². The number of fused-ring (bicyclic) bond motifs is 1. The van der Waals surface area contributed by atoms with E-state index in [1.54, 1.807) is 30.3 Å². The van der Waals surface area contributed by atoms with Gasteiger partial charge in [-0.15, -0.1) is 0 Å². The average molecular weight is 325 g/mol. The van der Waals surface area contributed by atoms with Gasteiger partial charge in [0, 0.05) is 9.86 Å². The fourth-order valence-electron chi connectivity index (χ4n) is 1.46. The molecule has 3 nitrogen and oxygen atoms in total. The van der Waals surface area contributed by atoms with Gasteiger partial charge in [-0.05, 0) is 17.5 Å². The first-order chi connectivity index (χ1) is 7.00. The van der Waals surface area contributed by atoms with E-state index in [2.05, 4.69) is 15.9 Å². The molecule has 2 rings (SSSR count). The molecule has 0 saturated heterocycles. The van der Waals surface area contributed by atoms with Gasteiger partial charge in [-0.2, -0.15) is 0 Å². The van der Waals surface area contributed by atoms with Gasteiger partial charge in [0.1, 0.15) is 10.1 Å². The van der Waals surface area contributed by atoms with Crippen molar-refractivity contribution >= 4 is 36.8 Å². The van der Waals surface area contributed by atoms with Gasteiger partial charge in [0.05, 0.1) is 4.90 Å². The summed E-state index contributed by atoms with van der Waals surface area (Å²) in [7, 11) is -4.42. The van der Waals surface area contributed by atoms with E-state index in [4.69, 9.17) is 0 Å². The van der Waals surface area contributed by atoms with E-state index >= 15 is 0 Å². The zero-order chi connectivity index (χ0) is 11.1. The third-order valence-electron chi connectivity index (χ3n) is 2.10. The normalized spacial score (nSPS) is 11.1. The second-order valence-corrected chi connectivity index (χ2v) is 5.25. The van der Waals surface area contributed by atoms with Crippen LogP contribution in [0.4, 0.5) is 0 Å². The average Bonchev–Trinajstić information content (AvgIpc) is 2.16. The quantitative estimate of drug-likeness (QED) is 0.525. The second kappa shape index (κ2) is 5.58. The Labute approximate surface area is 145 Å². The Hall–Kier alpha value is 0.726. The van der Waals surface area contributed by atoms with Crippen molar-refractivity contribution < 1.29 is 64.4 Å². The first-order valence-corrected chi connectivity index (χ1v) is 6.33. The summed E-state index contributed by atoms with van der Waals surface area (Å²) in [6.07, 6.45) is 0. The molecule has 0 N–H and O–H groups in total. The van der Waals surface area contributed by atoms with Crippen molar-refractivity contribution in [2.45, 2.75) is 4.90 Å². The largest absolute Gasteiger partial charge is 1.00 e. The van der Waals surface area contributed by atoms with Gasteiger partial charge in [-0.1, -0.05) is 40.2 Å². The van der Waals surface area contributed by atoms with Gasteiger partial charge < -0.3 is 4.55 Å². The molecular formula is C10H6BrKO3S. The molecule has 0 bridgehead atoms. The molecule has 0 atom stereocenters. The number of hydrogen-bond donors (Lipinski definition) is 0. The topological polar surface area (TPSA) is 57.2 Å². The van der Waals surface area contributed by atoms with Crippen LogP contribution < -0.4 is 51.4 Å². The molecule has 0 fully saturated rings. The zero-order valence-corrected chi connectivity index (χ0v) is 14.0. The van der Waals surface area contributed by atoms with E-state index in [0.29, 0.717) is 5.39 Å².